The molecule has 1 aromatic heterocycles. The molecule has 7 nitrogen and oxygen atoms in total. The summed E-state index contributed by atoms with van der Waals surface area (Å²) < 4.78 is 10.8. The highest BCUT2D eigenvalue weighted by Crippen LogP contribution is 2.26. The molecule has 0 amide bonds. The molecule has 0 aromatic carbocycles. The number of hydrogen-bond acceptors (Lipinski definition) is 6. The molecule has 2 rings (SSSR count). The maximum atomic E-state index is 12.0. The van der Waals surface area contributed by atoms with Crippen LogP contribution in [0.25, 0.3) is 0 Å². The Morgan fingerprint density at radius 3 is 2.90 bits per heavy atom. The molecule has 0 saturated heterocycles. The zero-order chi connectivity index (χ0) is 15.4. The lowest BCUT2D eigenvalue weighted by atomic mass is 10.2. The Bertz CT molecular complexity index is 575. The van der Waals surface area contributed by atoms with Crippen LogP contribution >= 0.6 is 11.6 Å². The predicted molar refractivity (Wildman–Crippen MR) is 77.6 cm³/mol. The van der Waals surface area contributed by atoms with Crippen LogP contribution in [0, 0.1) is 0 Å². The fourth-order valence-electron chi connectivity index (χ4n) is 2.37. The number of nitrogens with zero attached hydrogens (tertiary/aromatic N) is 2. The number of carbonyl (C=O) groups is 1. The molecule has 1 heterocycles. The average Bonchev–Trinajstić information content (AvgIpc) is 2.94. The normalized spacial score (nSPS) is 21.3. The van der Waals surface area contributed by atoms with E-state index in [1.807, 2.05) is 0 Å². The van der Waals surface area contributed by atoms with Crippen LogP contribution in [-0.2, 0) is 20.8 Å². The van der Waals surface area contributed by atoms with Gasteiger partial charge in [-0.3, -0.25) is 9.59 Å². The van der Waals surface area contributed by atoms with Crippen molar-refractivity contribution in [3.8, 4) is 0 Å². The molecular weight excluding hydrogens is 298 g/mol. The molecule has 1 aromatic rings. The number of anilines is 1. The van der Waals surface area contributed by atoms with E-state index in [9.17, 15) is 9.59 Å². The van der Waals surface area contributed by atoms with Gasteiger partial charge in [-0.25, -0.2) is 4.68 Å². The van der Waals surface area contributed by atoms with E-state index in [1.54, 1.807) is 7.11 Å². The topological polar surface area (TPSA) is 82.5 Å². The van der Waals surface area contributed by atoms with Crippen molar-refractivity contribution in [2.75, 3.05) is 19.5 Å². The Morgan fingerprint density at radius 2 is 2.29 bits per heavy atom. The number of esters is 1. The maximum absolute atomic E-state index is 12.0. The molecule has 1 aliphatic rings. The fourth-order valence-corrected chi connectivity index (χ4v) is 2.57. The number of rotatable bonds is 5. The Hall–Kier alpha value is -1.60. The largest absolute Gasteiger partial charge is 0.468 e. The van der Waals surface area contributed by atoms with Gasteiger partial charge in [0.2, 0.25) is 0 Å². The van der Waals surface area contributed by atoms with Crippen molar-refractivity contribution in [3.05, 3.63) is 21.6 Å². The molecule has 1 N–H and O–H groups in total. The van der Waals surface area contributed by atoms with E-state index in [0.717, 1.165) is 23.9 Å². The van der Waals surface area contributed by atoms with Crippen LogP contribution in [0.5, 0.6) is 0 Å². The molecule has 116 valence electrons. The van der Waals surface area contributed by atoms with Gasteiger partial charge in [-0.1, -0.05) is 11.6 Å². The van der Waals surface area contributed by atoms with Crippen LogP contribution in [0.3, 0.4) is 0 Å². The molecule has 0 radical (unpaired) electrons. The SMILES string of the molecule is COC(=O)Cn1ncc(NC2CCC(OC)C2)c(Cl)c1=O. The van der Waals surface area contributed by atoms with Crippen molar-refractivity contribution in [2.45, 2.75) is 38.0 Å². The number of carbonyl (C=O) groups excluding carboxylic acids is 1. The van der Waals surface area contributed by atoms with Crippen molar-refractivity contribution >= 4 is 23.3 Å². The summed E-state index contributed by atoms with van der Waals surface area (Å²) >= 11 is 6.05. The van der Waals surface area contributed by atoms with Crippen LogP contribution in [0.4, 0.5) is 5.69 Å². The Balaban J connectivity index is 2.10. The summed E-state index contributed by atoms with van der Waals surface area (Å²) in [5.41, 5.74) is -0.0436. The monoisotopic (exact) mass is 315 g/mol. The molecule has 0 bridgehead atoms. The zero-order valence-electron chi connectivity index (χ0n) is 12.0. The minimum atomic E-state index is -0.555. The van der Waals surface area contributed by atoms with Gasteiger partial charge in [-0.15, -0.1) is 0 Å². The highest BCUT2D eigenvalue weighted by Gasteiger charge is 2.25. The molecule has 1 saturated carbocycles. The van der Waals surface area contributed by atoms with E-state index in [-0.39, 0.29) is 23.7 Å². The van der Waals surface area contributed by atoms with E-state index in [0.29, 0.717) is 5.69 Å². The number of ether oxygens (including phenoxy) is 2. The van der Waals surface area contributed by atoms with E-state index in [1.165, 1.54) is 13.3 Å². The Morgan fingerprint density at radius 1 is 1.52 bits per heavy atom. The Labute approximate surface area is 127 Å². The third-order valence-electron chi connectivity index (χ3n) is 3.57. The van der Waals surface area contributed by atoms with E-state index in [4.69, 9.17) is 16.3 Å². The van der Waals surface area contributed by atoms with Crippen molar-refractivity contribution in [1.82, 2.24) is 9.78 Å². The molecule has 0 aliphatic heterocycles. The van der Waals surface area contributed by atoms with E-state index < -0.39 is 11.5 Å². The van der Waals surface area contributed by atoms with Gasteiger partial charge in [0.1, 0.15) is 11.6 Å². The van der Waals surface area contributed by atoms with Crippen LogP contribution in [0.1, 0.15) is 19.3 Å². The summed E-state index contributed by atoms with van der Waals surface area (Å²) in [5, 5.41) is 7.16. The minimum absolute atomic E-state index is 0.0229. The summed E-state index contributed by atoms with van der Waals surface area (Å²) in [6, 6.07) is 0.199. The molecule has 1 fully saturated rings. The summed E-state index contributed by atoms with van der Waals surface area (Å²) in [7, 11) is 2.94. The van der Waals surface area contributed by atoms with Crippen LogP contribution in [-0.4, -0.2) is 42.1 Å². The quantitative estimate of drug-likeness (QED) is 0.818. The number of nitrogens with one attached hydrogen (secondary N) is 1. The van der Waals surface area contributed by atoms with Crippen molar-refractivity contribution in [2.24, 2.45) is 0 Å². The summed E-state index contributed by atoms with van der Waals surface area (Å²) in [5.74, 6) is -0.555. The highest BCUT2D eigenvalue weighted by molar-refractivity contribution is 6.32. The first-order valence-electron chi connectivity index (χ1n) is 6.67. The summed E-state index contributed by atoms with van der Waals surface area (Å²) in [4.78, 5) is 23.2. The second kappa shape index (κ2) is 6.91. The Kier molecular flexibility index (Phi) is 5.19. The van der Waals surface area contributed by atoms with Gasteiger partial charge in [0.25, 0.3) is 5.56 Å². The van der Waals surface area contributed by atoms with Gasteiger partial charge in [-0.05, 0) is 19.3 Å². The molecule has 21 heavy (non-hydrogen) atoms. The van der Waals surface area contributed by atoms with Gasteiger partial charge in [-0.2, -0.15) is 5.10 Å². The first-order chi connectivity index (χ1) is 10.0. The summed E-state index contributed by atoms with van der Waals surface area (Å²) in [6.07, 6.45) is 4.46. The lowest BCUT2D eigenvalue weighted by Crippen LogP contribution is -2.29. The minimum Gasteiger partial charge on any atom is -0.468 e. The zero-order valence-corrected chi connectivity index (χ0v) is 12.7. The number of hydrogen-bond donors (Lipinski definition) is 1. The smallest absolute Gasteiger partial charge is 0.327 e. The second-order valence-corrected chi connectivity index (χ2v) is 5.30. The first-order valence-corrected chi connectivity index (χ1v) is 7.04. The predicted octanol–water partition coefficient (Wildman–Crippen LogP) is 1.05. The van der Waals surface area contributed by atoms with Crippen molar-refractivity contribution in [1.29, 1.82) is 0 Å². The van der Waals surface area contributed by atoms with Crippen molar-refractivity contribution in [3.63, 3.8) is 0 Å². The first kappa shape index (κ1) is 15.8. The van der Waals surface area contributed by atoms with Crippen LogP contribution in [0.15, 0.2) is 11.0 Å². The average molecular weight is 316 g/mol. The molecule has 8 heteroatoms. The molecular formula is C13H18ClN3O4. The van der Waals surface area contributed by atoms with Gasteiger partial charge >= 0.3 is 5.97 Å². The van der Waals surface area contributed by atoms with Crippen LogP contribution < -0.4 is 10.9 Å². The standard InChI is InChI=1S/C13H18ClN3O4/c1-20-9-4-3-8(5-9)16-10-6-15-17(7-11(18)21-2)13(19)12(10)14/h6,8-9,16H,3-5,7H2,1-2H3. The fraction of sp³-hybridized carbons (Fsp3) is 0.615. The van der Waals surface area contributed by atoms with E-state index in [2.05, 4.69) is 15.2 Å². The third kappa shape index (κ3) is 3.74. The van der Waals surface area contributed by atoms with E-state index >= 15 is 0 Å². The van der Waals surface area contributed by atoms with Gasteiger partial charge in [0.05, 0.1) is 25.1 Å². The van der Waals surface area contributed by atoms with Crippen molar-refractivity contribution < 1.29 is 14.3 Å². The highest BCUT2D eigenvalue weighted by atomic mass is 35.5. The number of halogens is 1. The molecule has 1 aliphatic carbocycles. The number of aromatic nitrogens is 2. The van der Waals surface area contributed by atoms with Gasteiger partial charge in [0, 0.05) is 13.2 Å². The number of methoxy groups -OCH3 is 2. The molecule has 2 unspecified atom stereocenters. The lowest BCUT2D eigenvalue weighted by Gasteiger charge is -2.15. The van der Waals surface area contributed by atoms with Gasteiger partial charge in [0.15, 0.2) is 0 Å². The summed E-state index contributed by atoms with van der Waals surface area (Å²) in [6.45, 7) is -0.259. The maximum Gasteiger partial charge on any atom is 0.327 e. The second-order valence-electron chi connectivity index (χ2n) is 4.92. The van der Waals surface area contributed by atoms with Gasteiger partial charge < -0.3 is 14.8 Å². The third-order valence-corrected chi connectivity index (χ3v) is 3.93. The van der Waals surface area contributed by atoms with Crippen LogP contribution in [0.2, 0.25) is 5.02 Å². The molecule has 2 atom stereocenters. The molecule has 0 spiro atoms. The lowest BCUT2D eigenvalue weighted by molar-refractivity contribution is -0.141.